The van der Waals surface area contributed by atoms with Gasteiger partial charge in [-0.25, -0.2) is 4.39 Å². The van der Waals surface area contributed by atoms with E-state index in [0.29, 0.717) is 11.3 Å². The van der Waals surface area contributed by atoms with Gasteiger partial charge in [0.15, 0.2) is 0 Å². The van der Waals surface area contributed by atoms with Gasteiger partial charge >= 0.3 is 21.1 Å². The van der Waals surface area contributed by atoms with E-state index in [1.807, 2.05) is 54.7 Å². The Morgan fingerprint density at radius 2 is 1.86 bits per heavy atom. The first kappa shape index (κ1) is 20.1. The van der Waals surface area contributed by atoms with E-state index >= 15 is 0 Å². The molecule has 28 heavy (non-hydrogen) atoms. The maximum Gasteiger partial charge on any atom is 2.00 e. The predicted molar refractivity (Wildman–Crippen MR) is 101 cm³/mol. The van der Waals surface area contributed by atoms with Gasteiger partial charge in [-0.15, -0.1) is 17.7 Å². The second-order valence-corrected chi connectivity index (χ2v) is 6.71. The third-order valence-electron chi connectivity index (χ3n) is 4.50. The second-order valence-electron chi connectivity index (χ2n) is 6.71. The molecule has 0 spiro atoms. The van der Waals surface area contributed by atoms with Crippen LogP contribution in [0.1, 0.15) is 25.2 Å². The van der Waals surface area contributed by atoms with E-state index in [0.717, 1.165) is 17.1 Å². The monoisotopic (exact) mass is 551 g/mol. The Balaban J connectivity index is 0.00000225. The maximum atomic E-state index is 13.1. The molecule has 142 valence electrons. The molecule has 0 N–H and O–H groups in total. The normalized spacial score (nSPS) is 11.1. The fourth-order valence-corrected chi connectivity index (χ4v) is 2.86. The van der Waals surface area contributed by atoms with Gasteiger partial charge in [0, 0.05) is 11.9 Å². The molecule has 0 aliphatic heterocycles. The number of hydrogen-bond acceptors (Lipinski definition) is 3. The molecule has 0 saturated carbocycles. The summed E-state index contributed by atoms with van der Waals surface area (Å²) in [7, 11) is 0. The van der Waals surface area contributed by atoms with Crippen molar-refractivity contribution < 1.29 is 25.5 Å². The van der Waals surface area contributed by atoms with Crippen LogP contribution in [0.25, 0.3) is 16.9 Å². The molecular weight excluding hydrogens is 534 g/mol. The van der Waals surface area contributed by atoms with E-state index in [2.05, 4.69) is 31.0 Å². The number of benzene rings is 1. The SMILES string of the molecule is CC(C)(c1cccc(-c2[c-]cc(F)nc2)n1)c1ccn(-c2[c-]cccc2)n1.[Pt+2]. The number of aromatic nitrogens is 4. The van der Waals surface area contributed by atoms with Crippen molar-refractivity contribution in [2.24, 2.45) is 0 Å². The molecule has 0 saturated heterocycles. The average molecular weight is 551 g/mol. The summed E-state index contributed by atoms with van der Waals surface area (Å²) in [5.74, 6) is -0.557. The van der Waals surface area contributed by atoms with Crippen LogP contribution in [0.3, 0.4) is 0 Å². The summed E-state index contributed by atoms with van der Waals surface area (Å²) < 4.78 is 14.9. The van der Waals surface area contributed by atoms with Crippen LogP contribution >= 0.6 is 0 Å². The number of para-hydroxylation sites is 1. The summed E-state index contributed by atoms with van der Waals surface area (Å²) in [6.45, 7) is 4.15. The predicted octanol–water partition coefficient (Wildman–Crippen LogP) is 4.39. The van der Waals surface area contributed by atoms with Gasteiger partial charge in [0.2, 0.25) is 0 Å². The number of hydrogen-bond donors (Lipinski definition) is 0. The van der Waals surface area contributed by atoms with Crippen LogP contribution in [0.2, 0.25) is 0 Å². The maximum absolute atomic E-state index is 13.1. The molecule has 4 nitrogen and oxygen atoms in total. The summed E-state index contributed by atoms with van der Waals surface area (Å²) in [5, 5.41) is 4.72. The van der Waals surface area contributed by atoms with Gasteiger partial charge in [0.1, 0.15) is 5.95 Å². The Kier molecular flexibility index (Phi) is 5.85. The van der Waals surface area contributed by atoms with E-state index in [4.69, 9.17) is 10.1 Å². The van der Waals surface area contributed by atoms with E-state index in [1.165, 1.54) is 12.3 Å². The molecule has 1 aromatic carbocycles. The fourth-order valence-electron chi connectivity index (χ4n) is 2.86. The largest absolute Gasteiger partial charge is 2.00 e. The Labute approximate surface area is 177 Å². The van der Waals surface area contributed by atoms with Crippen LogP contribution in [-0.2, 0) is 26.5 Å². The van der Waals surface area contributed by atoms with E-state index < -0.39 is 11.4 Å². The van der Waals surface area contributed by atoms with Crippen molar-refractivity contribution in [3.05, 3.63) is 96.5 Å². The average Bonchev–Trinajstić information content (AvgIpc) is 3.20. The van der Waals surface area contributed by atoms with Crippen molar-refractivity contribution in [2.75, 3.05) is 0 Å². The molecule has 4 rings (SSSR count). The molecular formula is C22H17FN4Pt. The van der Waals surface area contributed by atoms with Gasteiger partial charge in [-0.3, -0.25) is 4.68 Å². The molecule has 3 heterocycles. The summed E-state index contributed by atoms with van der Waals surface area (Å²) >= 11 is 0. The molecule has 6 heteroatoms. The first-order valence-electron chi connectivity index (χ1n) is 8.58. The van der Waals surface area contributed by atoms with Crippen molar-refractivity contribution in [3.8, 4) is 16.9 Å². The quantitative estimate of drug-likeness (QED) is 0.279. The minimum atomic E-state index is -0.557. The summed E-state index contributed by atoms with van der Waals surface area (Å²) in [6, 6.07) is 22.7. The summed E-state index contributed by atoms with van der Waals surface area (Å²) in [4.78, 5) is 8.44. The van der Waals surface area contributed by atoms with Crippen LogP contribution in [0.5, 0.6) is 0 Å². The van der Waals surface area contributed by atoms with E-state index in [9.17, 15) is 4.39 Å². The van der Waals surface area contributed by atoms with Crippen molar-refractivity contribution in [1.82, 2.24) is 19.7 Å². The molecule has 4 aromatic rings. The van der Waals surface area contributed by atoms with Crippen molar-refractivity contribution >= 4 is 0 Å². The zero-order valence-electron chi connectivity index (χ0n) is 15.3. The molecule has 0 aliphatic rings. The van der Waals surface area contributed by atoms with Gasteiger partial charge in [0.25, 0.3) is 0 Å². The zero-order valence-corrected chi connectivity index (χ0v) is 17.6. The first-order valence-corrected chi connectivity index (χ1v) is 8.58. The van der Waals surface area contributed by atoms with Crippen LogP contribution in [-0.4, -0.2) is 19.7 Å². The van der Waals surface area contributed by atoms with Crippen LogP contribution in [0.4, 0.5) is 4.39 Å². The summed E-state index contributed by atoms with van der Waals surface area (Å²) in [5.41, 5.74) is 3.57. The van der Waals surface area contributed by atoms with Gasteiger partial charge in [-0.1, -0.05) is 24.4 Å². The molecule has 0 amide bonds. The van der Waals surface area contributed by atoms with Crippen molar-refractivity contribution in [3.63, 3.8) is 0 Å². The number of rotatable bonds is 4. The molecule has 0 radical (unpaired) electrons. The Bertz CT molecular complexity index is 1060. The molecule has 0 aliphatic carbocycles. The second kappa shape index (κ2) is 8.15. The minimum Gasteiger partial charge on any atom is -0.326 e. The smallest absolute Gasteiger partial charge is 0.326 e. The molecule has 0 atom stereocenters. The van der Waals surface area contributed by atoms with Gasteiger partial charge < -0.3 is 9.97 Å². The first-order chi connectivity index (χ1) is 13.0. The standard InChI is InChI=1S/C22H17FN4.Pt/c1-22(2,20-13-14-27(26-20)17-7-4-3-5-8-17)19-10-6-9-18(25-19)16-11-12-21(23)24-15-16;/h3-7,9-10,12-15H,1-2H3;/q-2;+2. The zero-order chi connectivity index (χ0) is 18.9. The molecule has 0 unspecified atom stereocenters. The minimum absolute atomic E-state index is 0. The third-order valence-corrected chi connectivity index (χ3v) is 4.50. The molecule has 0 fully saturated rings. The van der Waals surface area contributed by atoms with Crippen LogP contribution in [0.15, 0.2) is 67.0 Å². The number of pyridine rings is 2. The van der Waals surface area contributed by atoms with Crippen LogP contribution in [0, 0.1) is 18.1 Å². The fraction of sp³-hybridized carbons (Fsp3) is 0.136. The van der Waals surface area contributed by atoms with Crippen molar-refractivity contribution in [1.29, 1.82) is 0 Å². The van der Waals surface area contributed by atoms with Gasteiger partial charge in [-0.05, 0) is 37.4 Å². The number of halogens is 1. The Morgan fingerprint density at radius 1 is 1.00 bits per heavy atom. The van der Waals surface area contributed by atoms with Gasteiger partial charge in [-0.2, -0.15) is 29.4 Å². The van der Waals surface area contributed by atoms with E-state index in [1.54, 1.807) is 4.68 Å². The van der Waals surface area contributed by atoms with Crippen LogP contribution < -0.4 is 0 Å². The Morgan fingerprint density at radius 3 is 2.57 bits per heavy atom. The Hall–Kier alpha value is -2.65. The third kappa shape index (κ3) is 3.95. The molecule has 3 aromatic heterocycles. The summed E-state index contributed by atoms with van der Waals surface area (Å²) in [6.07, 6.45) is 3.36. The topological polar surface area (TPSA) is 43.6 Å². The van der Waals surface area contributed by atoms with Crippen molar-refractivity contribution in [2.45, 2.75) is 19.3 Å². The molecule has 0 bridgehead atoms. The van der Waals surface area contributed by atoms with E-state index in [-0.39, 0.29) is 21.1 Å². The van der Waals surface area contributed by atoms with Gasteiger partial charge in [0.05, 0.1) is 11.1 Å². The number of nitrogens with zero attached hydrogens (tertiary/aromatic N) is 4.